The molecule has 2 aliphatic rings. The van der Waals surface area contributed by atoms with E-state index in [1.54, 1.807) is 0 Å². The van der Waals surface area contributed by atoms with E-state index < -0.39 is 0 Å². The van der Waals surface area contributed by atoms with Gasteiger partial charge in [-0.3, -0.25) is 0 Å². The van der Waals surface area contributed by atoms with Gasteiger partial charge >= 0.3 is 5.97 Å². The number of esters is 1. The van der Waals surface area contributed by atoms with Gasteiger partial charge < -0.3 is 10.1 Å². The molecule has 116 valence electrons. The van der Waals surface area contributed by atoms with E-state index in [0.717, 1.165) is 23.5 Å². The number of rotatable bonds is 3. The van der Waals surface area contributed by atoms with E-state index in [4.69, 9.17) is 4.74 Å². The van der Waals surface area contributed by atoms with Crippen molar-refractivity contribution in [3.05, 3.63) is 11.3 Å². The maximum atomic E-state index is 12.6. The van der Waals surface area contributed by atoms with Crippen LogP contribution in [0.3, 0.4) is 0 Å². The Bertz CT molecular complexity index is 581. The summed E-state index contributed by atoms with van der Waals surface area (Å²) in [5.74, 6) is 0.450. The minimum Gasteiger partial charge on any atom is -0.458 e. The summed E-state index contributed by atoms with van der Waals surface area (Å²) in [5, 5.41) is 3.83. The first-order valence-electron chi connectivity index (χ1n) is 7.66. The van der Waals surface area contributed by atoms with E-state index in [9.17, 15) is 4.79 Å². The molecular weight excluding hydrogens is 284 g/mol. The molecule has 1 aromatic rings. The fourth-order valence-corrected chi connectivity index (χ4v) is 5.01. The molecule has 0 saturated heterocycles. The Kier molecular flexibility index (Phi) is 3.32. The molecule has 3 atom stereocenters. The monoisotopic (exact) mass is 308 g/mol. The first kappa shape index (κ1) is 14.8. The fourth-order valence-electron chi connectivity index (χ4n) is 4.28. The van der Waals surface area contributed by atoms with Crippen molar-refractivity contribution in [2.45, 2.75) is 53.1 Å². The van der Waals surface area contributed by atoms with Gasteiger partial charge in [-0.2, -0.15) is 4.37 Å². The highest BCUT2D eigenvalue weighted by Gasteiger charge is 2.62. The molecule has 2 fully saturated rings. The number of carbonyl (C=O) groups is 1. The van der Waals surface area contributed by atoms with Crippen molar-refractivity contribution in [3.8, 4) is 0 Å². The molecule has 1 aromatic heterocycles. The molecule has 3 unspecified atom stereocenters. The molecule has 5 heteroatoms. The summed E-state index contributed by atoms with van der Waals surface area (Å²) in [6, 6.07) is 0. The zero-order valence-corrected chi connectivity index (χ0v) is 14.3. The Morgan fingerprint density at radius 3 is 2.67 bits per heavy atom. The summed E-state index contributed by atoms with van der Waals surface area (Å²) in [6.07, 6.45) is 3.45. The molecule has 3 rings (SSSR count). The summed E-state index contributed by atoms with van der Waals surface area (Å²) < 4.78 is 10.2. The third-order valence-corrected chi connectivity index (χ3v) is 7.21. The van der Waals surface area contributed by atoms with Crippen LogP contribution >= 0.6 is 11.5 Å². The van der Waals surface area contributed by atoms with Crippen LogP contribution in [0.15, 0.2) is 0 Å². The van der Waals surface area contributed by atoms with Crippen molar-refractivity contribution < 1.29 is 9.53 Å². The lowest BCUT2D eigenvalue weighted by atomic mass is 9.70. The number of carbonyl (C=O) groups excluding carboxylic acids is 1. The standard InChI is InChI=1S/C16H24N2O2S/c1-9-12(13(17-5)21-18-9)14(19)20-11-8-10-6-7-16(11,4)15(10,2)3/h10-11,17H,6-8H2,1-5H3. The number of nitrogens with zero attached hydrogens (tertiary/aromatic N) is 1. The minimum absolute atomic E-state index is 0.0303. The molecule has 4 nitrogen and oxygen atoms in total. The van der Waals surface area contributed by atoms with Gasteiger partial charge in [-0.25, -0.2) is 4.79 Å². The van der Waals surface area contributed by atoms with Crippen LogP contribution < -0.4 is 5.32 Å². The van der Waals surface area contributed by atoms with E-state index in [1.807, 2.05) is 14.0 Å². The first-order valence-corrected chi connectivity index (χ1v) is 8.43. The molecular formula is C16H24N2O2S. The van der Waals surface area contributed by atoms with Crippen molar-refractivity contribution in [1.82, 2.24) is 4.37 Å². The summed E-state index contributed by atoms with van der Waals surface area (Å²) in [6.45, 7) is 8.81. The quantitative estimate of drug-likeness (QED) is 0.861. The number of fused-ring (bicyclic) bond motifs is 2. The molecule has 0 spiro atoms. The zero-order chi connectivity index (χ0) is 15.4. The molecule has 1 heterocycles. The summed E-state index contributed by atoms with van der Waals surface area (Å²) >= 11 is 1.31. The summed E-state index contributed by atoms with van der Waals surface area (Å²) in [7, 11) is 1.81. The van der Waals surface area contributed by atoms with Crippen molar-refractivity contribution in [1.29, 1.82) is 0 Å². The Morgan fingerprint density at radius 2 is 2.14 bits per heavy atom. The van der Waals surface area contributed by atoms with E-state index in [1.165, 1.54) is 18.0 Å². The van der Waals surface area contributed by atoms with Crippen LogP contribution in [0.4, 0.5) is 5.00 Å². The maximum absolute atomic E-state index is 12.6. The molecule has 0 amide bonds. The van der Waals surface area contributed by atoms with Gasteiger partial charge in [0, 0.05) is 12.5 Å². The van der Waals surface area contributed by atoms with E-state index >= 15 is 0 Å². The second kappa shape index (κ2) is 4.70. The van der Waals surface area contributed by atoms with Crippen molar-refractivity contribution in [2.24, 2.45) is 16.7 Å². The average molecular weight is 308 g/mol. The van der Waals surface area contributed by atoms with Gasteiger partial charge in [-0.15, -0.1) is 0 Å². The molecule has 0 radical (unpaired) electrons. The SMILES string of the molecule is CNc1snc(C)c1C(=O)OC1CC2CCC1(C)C2(C)C. The predicted octanol–water partition coefficient (Wildman–Crippen LogP) is 3.86. The van der Waals surface area contributed by atoms with Crippen LogP contribution in [-0.4, -0.2) is 23.5 Å². The van der Waals surface area contributed by atoms with Gasteiger partial charge in [-0.05, 0) is 49.1 Å². The molecule has 0 aliphatic heterocycles. The van der Waals surface area contributed by atoms with Crippen molar-refractivity contribution in [3.63, 3.8) is 0 Å². The number of ether oxygens (including phenoxy) is 1. The lowest BCUT2D eigenvalue weighted by Gasteiger charge is -2.38. The van der Waals surface area contributed by atoms with E-state index in [2.05, 4.69) is 30.5 Å². The zero-order valence-electron chi connectivity index (χ0n) is 13.4. The van der Waals surface area contributed by atoms with Gasteiger partial charge in [0.2, 0.25) is 0 Å². The highest BCUT2D eigenvalue weighted by atomic mass is 32.1. The average Bonchev–Trinajstić information content (AvgIpc) is 2.96. The Balaban J connectivity index is 1.82. The maximum Gasteiger partial charge on any atom is 0.343 e. The molecule has 2 saturated carbocycles. The van der Waals surface area contributed by atoms with Gasteiger partial charge in [0.1, 0.15) is 16.7 Å². The molecule has 1 N–H and O–H groups in total. The van der Waals surface area contributed by atoms with Gasteiger partial charge in [-0.1, -0.05) is 20.8 Å². The number of aromatic nitrogens is 1. The molecule has 21 heavy (non-hydrogen) atoms. The van der Waals surface area contributed by atoms with Crippen molar-refractivity contribution in [2.75, 3.05) is 12.4 Å². The smallest absolute Gasteiger partial charge is 0.343 e. The Morgan fingerprint density at radius 1 is 1.43 bits per heavy atom. The largest absolute Gasteiger partial charge is 0.458 e. The highest BCUT2D eigenvalue weighted by Crippen LogP contribution is 2.66. The number of anilines is 1. The number of hydrogen-bond donors (Lipinski definition) is 1. The topological polar surface area (TPSA) is 51.2 Å². The van der Waals surface area contributed by atoms with Gasteiger partial charge in [0.25, 0.3) is 0 Å². The second-order valence-electron chi connectivity index (χ2n) is 7.23. The summed E-state index contributed by atoms with van der Waals surface area (Å²) in [5.41, 5.74) is 1.71. The Hall–Kier alpha value is -1.10. The molecule has 0 aromatic carbocycles. The van der Waals surface area contributed by atoms with Crippen LogP contribution in [-0.2, 0) is 4.74 Å². The predicted molar refractivity (Wildman–Crippen MR) is 84.8 cm³/mol. The van der Waals surface area contributed by atoms with E-state index in [-0.39, 0.29) is 22.9 Å². The van der Waals surface area contributed by atoms with Crippen LogP contribution in [0.5, 0.6) is 0 Å². The number of nitrogens with one attached hydrogen (secondary N) is 1. The highest BCUT2D eigenvalue weighted by molar-refractivity contribution is 7.10. The minimum atomic E-state index is -0.222. The van der Waals surface area contributed by atoms with Crippen LogP contribution in [0.25, 0.3) is 0 Å². The van der Waals surface area contributed by atoms with Crippen molar-refractivity contribution >= 4 is 22.5 Å². The molecule has 2 bridgehead atoms. The first-order chi connectivity index (χ1) is 9.81. The summed E-state index contributed by atoms with van der Waals surface area (Å²) in [4.78, 5) is 12.6. The Labute approximate surface area is 130 Å². The normalized spacial score (nSPS) is 33.2. The van der Waals surface area contributed by atoms with Gasteiger partial charge in [0.15, 0.2) is 0 Å². The van der Waals surface area contributed by atoms with E-state index in [0.29, 0.717) is 11.5 Å². The molecule has 2 aliphatic carbocycles. The number of hydrogen-bond acceptors (Lipinski definition) is 5. The van der Waals surface area contributed by atoms with Crippen LogP contribution in [0.2, 0.25) is 0 Å². The third-order valence-electron chi connectivity index (χ3n) is 6.26. The number of aryl methyl sites for hydroxylation is 1. The third kappa shape index (κ3) is 1.93. The lowest BCUT2D eigenvalue weighted by Crippen LogP contribution is -2.38. The van der Waals surface area contributed by atoms with Crippen LogP contribution in [0.1, 0.15) is 56.1 Å². The fraction of sp³-hybridized carbons (Fsp3) is 0.750. The van der Waals surface area contributed by atoms with Crippen LogP contribution in [0, 0.1) is 23.7 Å². The van der Waals surface area contributed by atoms with Gasteiger partial charge in [0.05, 0.1) is 5.69 Å². The lowest BCUT2D eigenvalue weighted by molar-refractivity contribution is -0.0242. The second-order valence-corrected chi connectivity index (χ2v) is 8.00.